The normalized spacial score (nSPS) is 11.0. The first-order chi connectivity index (χ1) is 11.6. The summed E-state index contributed by atoms with van der Waals surface area (Å²) in [5, 5.41) is 4.82. The van der Waals surface area contributed by atoms with Crippen molar-refractivity contribution in [2.45, 2.75) is 4.90 Å². The Kier molecular flexibility index (Phi) is 4.59. The molecule has 0 saturated carbocycles. The Balaban J connectivity index is 1.88. The number of anilines is 2. The third-order valence-electron chi connectivity index (χ3n) is 3.12. The molecule has 24 heavy (non-hydrogen) atoms. The SMILES string of the molecule is O=C(Nc1nccs1)c1ccccc1NS(=O)(=O)c1ccccc1. The van der Waals surface area contributed by atoms with Crippen LogP contribution in [0.4, 0.5) is 10.8 Å². The maximum absolute atomic E-state index is 12.4. The number of nitrogens with one attached hydrogen (secondary N) is 2. The molecule has 2 N–H and O–H groups in total. The topological polar surface area (TPSA) is 88.2 Å². The highest BCUT2D eigenvalue weighted by atomic mass is 32.2. The third-order valence-corrected chi connectivity index (χ3v) is 5.19. The number of carbonyl (C=O) groups excluding carboxylic acids is 1. The molecule has 3 rings (SSSR count). The number of aromatic nitrogens is 1. The highest BCUT2D eigenvalue weighted by molar-refractivity contribution is 7.92. The number of carbonyl (C=O) groups is 1. The first-order valence-corrected chi connectivity index (χ1v) is 9.30. The van der Waals surface area contributed by atoms with Crippen molar-refractivity contribution >= 4 is 38.1 Å². The van der Waals surface area contributed by atoms with E-state index >= 15 is 0 Å². The zero-order valence-corrected chi connectivity index (χ0v) is 14.0. The lowest BCUT2D eigenvalue weighted by molar-refractivity contribution is 0.102. The van der Waals surface area contributed by atoms with Gasteiger partial charge in [0.15, 0.2) is 5.13 Å². The highest BCUT2D eigenvalue weighted by Gasteiger charge is 2.18. The molecule has 0 fully saturated rings. The van der Waals surface area contributed by atoms with Gasteiger partial charge in [0.25, 0.3) is 15.9 Å². The lowest BCUT2D eigenvalue weighted by atomic mass is 10.2. The maximum Gasteiger partial charge on any atom is 0.261 e. The second-order valence-electron chi connectivity index (χ2n) is 4.76. The van der Waals surface area contributed by atoms with Crippen LogP contribution >= 0.6 is 11.3 Å². The number of nitrogens with zero attached hydrogens (tertiary/aromatic N) is 1. The summed E-state index contributed by atoms with van der Waals surface area (Å²) in [5.74, 6) is -0.434. The number of sulfonamides is 1. The van der Waals surface area contributed by atoms with Crippen LogP contribution in [0.25, 0.3) is 0 Å². The maximum atomic E-state index is 12.4. The van der Waals surface area contributed by atoms with Gasteiger partial charge in [-0.25, -0.2) is 13.4 Å². The van der Waals surface area contributed by atoms with Crippen LogP contribution in [-0.4, -0.2) is 19.3 Å². The molecule has 0 bridgehead atoms. The van der Waals surface area contributed by atoms with Crippen LogP contribution in [0.5, 0.6) is 0 Å². The summed E-state index contributed by atoms with van der Waals surface area (Å²) in [4.78, 5) is 16.5. The summed E-state index contributed by atoms with van der Waals surface area (Å²) in [7, 11) is -3.77. The highest BCUT2D eigenvalue weighted by Crippen LogP contribution is 2.21. The summed E-state index contributed by atoms with van der Waals surface area (Å²) in [6.07, 6.45) is 1.57. The molecule has 8 heteroatoms. The van der Waals surface area contributed by atoms with Gasteiger partial charge in [0, 0.05) is 11.6 Å². The Labute approximate surface area is 143 Å². The second kappa shape index (κ2) is 6.81. The van der Waals surface area contributed by atoms with Gasteiger partial charge in [0.05, 0.1) is 16.1 Å². The number of amides is 1. The molecular formula is C16H13N3O3S2. The summed E-state index contributed by atoms with van der Waals surface area (Å²) < 4.78 is 27.3. The lowest BCUT2D eigenvalue weighted by Crippen LogP contribution is -2.18. The molecule has 2 aromatic carbocycles. The Hall–Kier alpha value is -2.71. The van der Waals surface area contributed by atoms with E-state index in [9.17, 15) is 13.2 Å². The summed E-state index contributed by atoms with van der Waals surface area (Å²) >= 11 is 1.28. The number of hydrogen-bond donors (Lipinski definition) is 2. The second-order valence-corrected chi connectivity index (χ2v) is 7.33. The van der Waals surface area contributed by atoms with Gasteiger partial charge in [-0.2, -0.15) is 0 Å². The minimum absolute atomic E-state index is 0.125. The van der Waals surface area contributed by atoms with E-state index < -0.39 is 15.9 Å². The minimum atomic E-state index is -3.77. The van der Waals surface area contributed by atoms with Crippen LogP contribution in [0.3, 0.4) is 0 Å². The van der Waals surface area contributed by atoms with Crippen molar-refractivity contribution in [1.29, 1.82) is 0 Å². The summed E-state index contributed by atoms with van der Waals surface area (Å²) in [6.45, 7) is 0. The van der Waals surface area contributed by atoms with Gasteiger partial charge in [0.1, 0.15) is 0 Å². The average molecular weight is 359 g/mol. The first kappa shape index (κ1) is 16.2. The molecule has 0 unspecified atom stereocenters. The van der Waals surface area contributed by atoms with Gasteiger partial charge in [0.2, 0.25) is 0 Å². The molecule has 1 amide bonds. The van der Waals surface area contributed by atoms with E-state index in [1.54, 1.807) is 48.0 Å². The zero-order valence-electron chi connectivity index (χ0n) is 12.3. The number of rotatable bonds is 5. The van der Waals surface area contributed by atoms with Crippen LogP contribution in [0.1, 0.15) is 10.4 Å². The van der Waals surface area contributed by atoms with Gasteiger partial charge in [-0.3, -0.25) is 14.8 Å². The lowest BCUT2D eigenvalue weighted by Gasteiger charge is -2.12. The predicted molar refractivity (Wildman–Crippen MR) is 93.8 cm³/mol. The van der Waals surface area contributed by atoms with E-state index in [2.05, 4.69) is 15.0 Å². The van der Waals surface area contributed by atoms with E-state index in [4.69, 9.17) is 0 Å². The minimum Gasteiger partial charge on any atom is -0.298 e. The summed E-state index contributed by atoms with van der Waals surface area (Å²) in [5.41, 5.74) is 0.419. The standard InChI is InChI=1S/C16H13N3O3S2/c20-15(18-16-17-10-11-23-16)13-8-4-5-9-14(13)19-24(21,22)12-6-2-1-3-7-12/h1-11,19H,(H,17,18,20). The fourth-order valence-corrected chi connectivity index (χ4v) is 3.65. The van der Waals surface area contributed by atoms with Crippen molar-refractivity contribution in [3.8, 4) is 0 Å². The van der Waals surface area contributed by atoms with Crippen molar-refractivity contribution in [2.24, 2.45) is 0 Å². The van der Waals surface area contributed by atoms with E-state index in [0.717, 1.165) is 0 Å². The Morgan fingerprint density at radius 2 is 1.71 bits per heavy atom. The van der Waals surface area contributed by atoms with E-state index in [1.807, 2.05) is 0 Å². The van der Waals surface area contributed by atoms with E-state index in [-0.39, 0.29) is 16.1 Å². The van der Waals surface area contributed by atoms with Crippen LogP contribution in [0.2, 0.25) is 0 Å². The number of benzene rings is 2. The van der Waals surface area contributed by atoms with Gasteiger partial charge >= 0.3 is 0 Å². The smallest absolute Gasteiger partial charge is 0.261 e. The van der Waals surface area contributed by atoms with Gasteiger partial charge in [-0.05, 0) is 24.3 Å². The Morgan fingerprint density at radius 3 is 2.42 bits per heavy atom. The molecule has 0 aliphatic heterocycles. The summed E-state index contributed by atoms with van der Waals surface area (Å²) in [6, 6.07) is 14.4. The average Bonchev–Trinajstić information content (AvgIpc) is 3.09. The monoisotopic (exact) mass is 359 g/mol. The number of hydrogen-bond acceptors (Lipinski definition) is 5. The molecular weight excluding hydrogens is 346 g/mol. The molecule has 0 aliphatic carbocycles. The van der Waals surface area contributed by atoms with Crippen molar-refractivity contribution < 1.29 is 13.2 Å². The van der Waals surface area contributed by atoms with Crippen LogP contribution in [-0.2, 0) is 10.0 Å². The Bertz CT molecular complexity index is 940. The molecule has 122 valence electrons. The molecule has 0 radical (unpaired) electrons. The Morgan fingerprint density at radius 1 is 1.00 bits per heavy atom. The fraction of sp³-hybridized carbons (Fsp3) is 0. The zero-order chi connectivity index (χ0) is 17.0. The van der Waals surface area contributed by atoms with E-state index in [0.29, 0.717) is 5.13 Å². The van der Waals surface area contributed by atoms with Crippen molar-refractivity contribution in [1.82, 2.24) is 4.98 Å². The third kappa shape index (κ3) is 3.61. The van der Waals surface area contributed by atoms with Crippen molar-refractivity contribution in [2.75, 3.05) is 10.0 Å². The van der Waals surface area contributed by atoms with Gasteiger partial charge in [-0.15, -0.1) is 11.3 Å². The fourth-order valence-electron chi connectivity index (χ4n) is 2.02. The van der Waals surface area contributed by atoms with Crippen molar-refractivity contribution in [3.05, 3.63) is 71.7 Å². The van der Waals surface area contributed by atoms with Crippen LogP contribution in [0.15, 0.2) is 71.1 Å². The van der Waals surface area contributed by atoms with E-state index in [1.165, 1.54) is 29.5 Å². The molecule has 3 aromatic rings. The molecule has 0 spiro atoms. The van der Waals surface area contributed by atoms with Gasteiger partial charge < -0.3 is 0 Å². The molecule has 1 aromatic heterocycles. The number of para-hydroxylation sites is 1. The molecule has 6 nitrogen and oxygen atoms in total. The largest absolute Gasteiger partial charge is 0.298 e. The van der Waals surface area contributed by atoms with Crippen LogP contribution in [0, 0.1) is 0 Å². The quantitative estimate of drug-likeness (QED) is 0.732. The van der Waals surface area contributed by atoms with Gasteiger partial charge in [-0.1, -0.05) is 30.3 Å². The molecule has 0 atom stereocenters. The molecule has 1 heterocycles. The molecule has 0 aliphatic rings. The molecule has 0 saturated heterocycles. The predicted octanol–water partition coefficient (Wildman–Crippen LogP) is 3.20. The van der Waals surface area contributed by atoms with Crippen molar-refractivity contribution in [3.63, 3.8) is 0 Å². The first-order valence-electron chi connectivity index (χ1n) is 6.94. The number of thiazole rings is 1. The van der Waals surface area contributed by atoms with Crippen LogP contribution < -0.4 is 10.0 Å².